The van der Waals surface area contributed by atoms with E-state index in [1.165, 1.54) is 0 Å². The van der Waals surface area contributed by atoms with Gasteiger partial charge in [0.05, 0.1) is 18.5 Å². The second kappa shape index (κ2) is 5.30. The molecule has 2 rings (SSSR count). The Bertz CT molecular complexity index is 482. The first-order valence-corrected chi connectivity index (χ1v) is 5.44. The van der Waals surface area contributed by atoms with E-state index in [4.69, 9.17) is 4.74 Å². The van der Waals surface area contributed by atoms with Gasteiger partial charge in [0, 0.05) is 25.0 Å². The summed E-state index contributed by atoms with van der Waals surface area (Å²) in [6.45, 7) is 2.71. The van der Waals surface area contributed by atoms with Crippen LogP contribution in [0.1, 0.15) is 11.3 Å². The lowest BCUT2D eigenvalue weighted by atomic mass is 10.2. The van der Waals surface area contributed by atoms with Crippen LogP contribution in [0.4, 0.5) is 5.69 Å². The smallest absolute Gasteiger partial charge is 0.212 e. The summed E-state index contributed by atoms with van der Waals surface area (Å²) in [5.41, 5.74) is 3.14. The van der Waals surface area contributed by atoms with E-state index in [1.807, 2.05) is 31.2 Å². The molecule has 0 saturated carbocycles. The first-order valence-electron chi connectivity index (χ1n) is 5.44. The van der Waals surface area contributed by atoms with Gasteiger partial charge in [-0.2, -0.15) is 0 Å². The highest BCUT2D eigenvalue weighted by molar-refractivity contribution is 5.47. The fourth-order valence-corrected chi connectivity index (χ4v) is 1.50. The molecule has 2 aromatic rings. The molecule has 0 unspecified atom stereocenters. The van der Waals surface area contributed by atoms with Crippen LogP contribution in [0.3, 0.4) is 0 Å². The molecular weight excluding hydrogens is 214 g/mol. The van der Waals surface area contributed by atoms with Gasteiger partial charge in [-0.3, -0.25) is 4.98 Å². The summed E-state index contributed by atoms with van der Waals surface area (Å²) in [7, 11) is 1.61. The SMILES string of the molecule is COc1ccc(CNc2cccnc2C)cn1. The quantitative estimate of drug-likeness (QED) is 0.874. The van der Waals surface area contributed by atoms with Crippen molar-refractivity contribution in [3.63, 3.8) is 0 Å². The molecule has 2 aromatic heterocycles. The molecular formula is C13H15N3O. The molecule has 0 bridgehead atoms. The molecule has 4 heteroatoms. The molecule has 0 aliphatic heterocycles. The third-order valence-corrected chi connectivity index (χ3v) is 2.50. The van der Waals surface area contributed by atoms with Crippen molar-refractivity contribution < 1.29 is 4.74 Å². The lowest BCUT2D eigenvalue weighted by molar-refractivity contribution is 0.397. The molecule has 0 fully saturated rings. The second-order valence-electron chi connectivity index (χ2n) is 3.70. The highest BCUT2D eigenvalue weighted by atomic mass is 16.5. The number of hydrogen-bond donors (Lipinski definition) is 1. The van der Waals surface area contributed by atoms with E-state index in [9.17, 15) is 0 Å². The van der Waals surface area contributed by atoms with Crippen molar-refractivity contribution in [3.8, 4) is 5.88 Å². The van der Waals surface area contributed by atoms with E-state index >= 15 is 0 Å². The predicted octanol–water partition coefficient (Wildman–Crippen LogP) is 2.41. The summed E-state index contributed by atoms with van der Waals surface area (Å²) in [6.07, 6.45) is 3.59. The van der Waals surface area contributed by atoms with Crippen LogP contribution in [0.2, 0.25) is 0 Å². The zero-order chi connectivity index (χ0) is 12.1. The Morgan fingerprint density at radius 2 is 2.12 bits per heavy atom. The fraction of sp³-hybridized carbons (Fsp3) is 0.231. The van der Waals surface area contributed by atoms with Crippen molar-refractivity contribution in [2.75, 3.05) is 12.4 Å². The number of ether oxygens (including phenoxy) is 1. The second-order valence-corrected chi connectivity index (χ2v) is 3.70. The number of aryl methyl sites for hydroxylation is 1. The average molecular weight is 229 g/mol. The number of methoxy groups -OCH3 is 1. The third kappa shape index (κ3) is 2.93. The van der Waals surface area contributed by atoms with E-state index in [1.54, 1.807) is 19.5 Å². The Kier molecular flexibility index (Phi) is 3.55. The molecule has 0 aliphatic carbocycles. The number of nitrogens with one attached hydrogen (secondary N) is 1. The number of nitrogens with zero attached hydrogens (tertiary/aromatic N) is 2. The minimum Gasteiger partial charge on any atom is -0.481 e. The van der Waals surface area contributed by atoms with Gasteiger partial charge in [0.2, 0.25) is 5.88 Å². The van der Waals surface area contributed by atoms with Crippen LogP contribution in [-0.2, 0) is 6.54 Å². The van der Waals surface area contributed by atoms with Gasteiger partial charge in [-0.05, 0) is 24.6 Å². The molecule has 2 heterocycles. The predicted molar refractivity (Wildman–Crippen MR) is 67.1 cm³/mol. The van der Waals surface area contributed by atoms with E-state index in [0.29, 0.717) is 5.88 Å². The van der Waals surface area contributed by atoms with Crippen molar-refractivity contribution in [1.82, 2.24) is 9.97 Å². The van der Waals surface area contributed by atoms with Crippen molar-refractivity contribution in [1.29, 1.82) is 0 Å². The van der Waals surface area contributed by atoms with Crippen molar-refractivity contribution in [2.45, 2.75) is 13.5 Å². The monoisotopic (exact) mass is 229 g/mol. The highest BCUT2D eigenvalue weighted by Crippen LogP contribution is 2.13. The van der Waals surface area contributed by atoms with Crippen LogP contribution in [0, 0.1) is 6.92 Å². The minimum absolute atomic E-state index is 0.631. The number of anilines is 1. The summed E-state index contributed by atoms with van der Waals surface area (Å²) in [5.74, 6) is 0.631. The minimum atomic E-state index is 0.631. The standard InChI is InChI=1S/C13H15N3O/c1-10-12(4-3-7-14-10)15-8-11-5-6-13(17-2)16-9-11/h3-7,9,15H,8H2,1-2H3. The molecule has 0 atom stereocenters. The molecule has 0 radical (unpaired) electrons. The molecule has 88 valence electrons. The molecule has 0 amide bonds. The first-order chi connectivity index (χ1) is 8.29. The zero-order valence-corrected chi connectivity index (χ0v) is 9.97. The molecule has 0 aliphatic rings. The van der Waals surface area contributed by atoms with E-state index in [0.717, 1.165) is 23.5 Å². The van der Waals surface area contributed by atoms with E-state index in [2.05, 4.69) is 15.3 Å². The van der Waals surface area contributed by atoms with Gasteiger partial charge >= 0.3 is 0 Å². The fourth-order valence-electron chi connectivity index (χ4n) is 1.50. The molecule has 1 N–H and O–H groups in total. The molecule has 0 aromatic carbocycles. The summed E-state index contributed by atoms with van der Waals surface area (Å²) < 4.78 is 5.01. The van der Waals surface area contributed by atoms with Crippen LogP contribution in [-0.4, -0.2) is 17.1 Å². The number of hydrogen-bond acceptors (Lipinski definition) is 4. The summed E-state index contributed by atoms with van der Waals surface area (Å²) in [4.78, 5) is 8.37. The van der Waals surface area contributed by atoms with Crippen LogP contribution in [0.25, 0.3) is 0 Å². The van der Waals surface area contributed by atoms with E-state index in [-0.39, 0.29) is 0 Å². The highest BCUT2D eigenvalue weighted by Gasteiger charge is 1.99. The summed E-state index contributed by atoms with van der Waals surface area (Å²) >= 11 is 0. The number of aromatic nitrogens is 2. The normalized spacial score (nSPS) is 10.0. The Morgan fingerprint density at radius 3 is 2.76 bits per heavy atom. The molecule has 4 nitrogen and oxygen atoms in total. The van der Waals surface area contributed by atoms with Gasteiger partial charge in [0.15, 0.2) is 0 Å². The lowest BCUT2D eigenvalue weighted by Crippen LogP contribution is -2.02. The van der Waals surface area contributed by atoms with Gasteiger partial charge in [0.1, 0.15) is 0 Å². The molecule has 17 heavy (non-hydrogen) atoms. The maximum atomic E-state index is 5.01. The average Bonchev–Trinajstić information content (AvgIpc) is 2.38. The van der Waals surface area contributed by atoms with Crippen molar-refractivity contribution in [2.24, 2.45) is 0 Å². The summed E-state index contributed by atoms with van der Waals surface area (Å²) in [5, 5.41) is 3.32. The van der Waals surface area contributed by atoms with Gasteiger partial charge < -0.3 is 10.1 Å². The Balaban J connectivity index is 2.00. The van der Waals surface area contributed by atoms with Crippen molar-refractivity contribution in [3.05, 3.63) is 47.9 Å². The topological polar surface area (TPSA) is 47.0 Å². The Morgan fingerprint density at radius 1 is 1.24 bits per heavy atom. The lowest BCUT2D eigenvalue weighted by Gasteiger charge is -2.08. The van der Waals surface area contributed by atoms with Gasteiger partial charge in [0.25, 0.3) is 0 Å². The van der Waals surface area contributed by atoms with Crippen LogP contribution in [0.5, 0.6) is 5.88 Å². The Labute approximate surface area is 101 Å². The molecule has 0 saturated heterocycles. The Hall–Kier alpha value is -2.10. The maximum absolute atomic E-state index is 5.01. The first kappa shape index (κ1) is 11.4. The largest absolute Gasteiger partial charge is 0.481 e. The van der Waals surface area contributed by atoms with Gasteiger partial charge in [-0.1, -0.05) is 6.07 Å². The van der Waals surface area contributed by atoms with Gasteiger partial charge in [-0.15, -0.1) is 0 Å². The molecule has 0 spiro atoms. The number of pyridine rings is 2. The maximum Gasteiger partial charge on any atom is 0.212 e. The van der Waals surface area contributed by atoms with Crippen molar-refractivity contribution >= 4 is 5.69 Å². The van der Waals surface area contributed by atoms with Crippen LogP contribution < -0.4 is 10.1 Å². The van der Waals surface area contributed by atoms with Crippen LogP contribution in [0.15, 0.2) is 36.7 Å². The third-order valence-electron chi connectivity index (χ3n) is 2.50. The van der Waals surface area contributed by atoms with E-state index < -0.39 is 0 Å². The van der Waals surface area contributed by atoms with Gasteiger partial charge in [-0.25, -0.2) is 4.98 Å². The van der Waals surface area contributed by atoms with Crippen LogP contribution >= 0.6 is 0 Å². The summed E-state index contributed by atoms with van der Waals surface area (Å²) in [6, 6.07) is 7.78. The number of rotatable bonds is 4. The zero-order valence-electron chi connectivity index (χ0n) is 9.97.